The van der Waals surface area contributed by atoms with Crippen LogP contribution in [0.25, 0.3) is 0 Å². The van der Waals surface area contributed by atoms with Crippen molar-refractivity contribution in [3.05, 3.63) is 78.2 Å². The third-order valence-electron chi connectivity index (χ3n) is 5.11. The number of nitrogens with zero attached hydrogens (tertiary/aromatic N) is 4. The lowest BCUT2D eigenvalue weighted by Gasteiger charge is -2.12. The number of ether oxygens (including phenoxy) is 1. The minimum absolute atomic E-state index is 0.357. The number of para-hydroxylation sites is 1. The predicted molar refractivity (Wildman–Crippen MR) is 129 cm³/mol. The standard InChI is InChI=1S/C24H20N6OS2/c25-13-16-6-8-19(9-7-16)32-20-12-21(31-18-4-2-1-3-5-18)23(27-15-20)29-24-28-22(30-33-24)17-10-11-26-14-17/h1-9,12,15,17,26H,10-11,14H2,(H,27,28,29,30). The lowest BCUT2D eigenvalue weighted by Crippen LogP contribution is -2.08. The Morgan fingerprint density at radius 2 is 1.97 bits per heavy atom. The quantitative estimate of drug-likeness (QED) is 0.360. The second kappa shape index (κ2) is 10.0. The van der Waals surface area contributed by atoms with Gasteiger partial charge in [0.15, 0.2) is 11.6 Å². The zero-order valence-electron chi connectivity index (χ0n) is 17.6. The van der Waals surface area contributed by atoms with Crippen LogP contribution >= 0.6 is 23.3 Å². The van der Waals surface area contributed by atoms with Crippen molar-refractivity contribution in [2.24, 2.45) is 0 Å². The normalized spacial score (nSPS) is 15.2. The molecule has 2 aromatic carbocycles. The fourth-order valence-corrected chi connectivity index (χ4v) is 4.89. The minimum atomic E-state index is 0.357. The minimum Gasteiger partial charge on any atom is -0.453 e. The van der Waals surface area contributed by atoms with E-state index in [1.807, 2.05) is 48.5 Å². The van der Waals surface area contributed by atoms with Gasteiger partial charge in [-0.1, -0.05) is 30.0 Å². The van der Waals surface area contributed by atoms with Gasteiger partial charge in [-0.2, -0.15) is 9.64 Å². The molecule has 1 aliphatic rings. The molecular weight excluding hydrogens is 452 g/mol. The zero-order chi connectivity index (χ0) is 22.5. The van der Waals surface area contributed by atoms with E-state index in [1.54, 1.807) is 30.1 Å². The van der Waals surface area contributed by atoms with Crippen molar-refractivity contribution in [3.8, 4) is 17.6 Å². The molecule has 0 bridgehead atoms. The fourth-order valence-electron chi connectivity index (χ4n) is 3.43. The smallest absolute Gasteiger partial charge is 0.208 e. The summed E-state index contributed by atoms with van der Waals surface area (Å²) in [6, 6.07) is 21.2. The zero-order valence-corrected chi connectivity index (χ0v) is 19.2. The van der Waals surface area contributed by atoms with Crippen molar-refractivity contribution in [1.29, 1.82) is 5.26 Å². The molecule has 7 nitrogen and oxygen atoms in total. The number of pyridine rings is 1. The summed E-state index contributed by atoms with van der Waals surface area (Å²) in [6.45, 7) is 1.92. The van der Waals surface area contributed by atoms with Crippen molar-refractivity contribution in [2.45, 2.75) is 22.1 Å². The summed E-state index contributed by atoms with van der Waals surface area (Å²) in [5, 5.41) is 16.3. The number of hydrogen-bond acceptors (Lipinski definition) is 9. The SMILES string of the molecule is N#Cc1ccc(Sc2cnc(Nc3nc(C4CCNC4)ns3)c(Oc3ccccc3)c2)cc1. The molecule has 1 unspecified atom stereocenters. The van der Waals surface area contributed by atoms with E-state index in [-0.39, 0.29) is 0 Å². The Kier molecular flexibility index (Phi) is 6.48. The van der Waals surface area contributed by atoms with E-state index in [2.05, 4.69) is 31.0 Å². The van der Waals surface area contributed by atoms with Crippen molar-refractivity contribution in [3.63, 3.8) is 0 Å². The van der Waals surface area contributed by atoms with E-state index in [0.29, 0.717) is 28.2 Å². The summed E-state index contributed by atoms with van der Waals surface area (Å²) in [5.74, 6) is 3.12. The summed E-state index contributed by atoms with van der Waals surface area (Å²) in [6.07, 6.45) is 2.85. The van der Waals surface area contributed by atoms with Crippen LogP contribution in [0.1, 0.15) is 23.7 Å². The van der Waals surface area contributed by atoms with Crippen LogP contribution in [0.15, 0.2) is 76.7 Å². The molecule has 1 aliphatic heterocycles. The molecule has 2 N–H and O–H groups in total. The van der Waals surface area contributed by atoms with Crippen LogP contribution in [0.3, 0.4) is 0 Å². The number of benzene rings is 2. The summed E-state index contributed by atoms with van der Waals surface area (Å²) in [7, 11) is 0. The number of nitrogens with one attached hydrogen (secondary N) is 2. The molecule has 1 atom stereocenters. The Balaban J connectivity index is 1.40. The Hall–Kier alpha value is -3.45. The van der Waals surface area contributed by atoms with Gasteiger partial charge in [0.05, 0.1) is 11.6 Å². The highest BCUT2D eigenvalue weighted by Gasteiger charge is 2.21. The van der Waals surface area contributed by atoms with Crippen LogP contribution in [-0.2, 0) is 0 Å². The number of nitriles is 1. The maximum atomic E-state index is 9.01. The second-order valence-electron chi connectivity index (χ2n) is 7.44. The summed E-state index contributed by atoms with van der Waals surface area (Å²) < 4.78 is 10.7. The largest absolute Gasteiger partial charge is 0.453 e. The van der Waals surface area contributed by atoms with Crippen LogP contribution in [-0.4, -0.2) is 27.4 Å². The molecule has 164 valence electrons. The third kappa shape index (κ3) is 5.31. The van der Waals surface area contributed by atoms with Gasteiger partial charge in [-0.25, -0.2) is 9.97 Å². The third-order valence-corrected chi connectivity index (χ3v) is 6.72. The van der Waals surface area contributed by atoms with Gasteiger partial charge in [-0.15, -0.1) is 0 Å². The van der Waals surface area contributed by atoms with Gasteiger partial charge in [0.1, 0.15) is 11.6 Å². The Morgan fingerprint density at radius 3 is 2.73 bits per heavy atom. The molecule has 1 saturated heterocycles. The topological polar surface area (TPSA) is 95.8 Å². The van der Waals surface area contributed by atoms with Crippen molar-refractivity contribution in [2.75, 3.05) is 18.4 Å². The lowest BCUT2D eigenvalue weighted by atomic mass is 10.1. The van der Waals surface area contributed by atoms with Gasteiger partial charge in [0, 0.05) is 46.0 Å². The first-order chi connectivity index (χ1) is 16.3. The fraction of sp³-hybridized carbons (Fsp3) is 0.167. The molecule has 1 fully saturated rings. The van der Waals surface area contributed by atoms with E-state index >= 15 is 0 Å². The van der Waals surface area contributed by atoms with Gasteiger partial charge in [-0.05, 0) is 49.4 Å². The molecule has 0 radical (unpaired) electrons. The monoisotopic (exact) mass is 472 g/mol. The summed E-state index contributed by atoms with van der Waals surface area (Å²) in [4.78, 5) is 11.2. The van der Waals surface area contributed by atoms with E-state index in [0.717, 1.165) is 40.9 Å². The van der Waals surface area contributed by atoms with Gasteiger partial charge < -0.3 is 15.4 Å². The maximum absolute atomic E-state index is 9.01. The molecule has 0 saturated carbocycles. The summed E-state index contributed by atoms with van der Waals surface area (Å²) in [5.41, 5.74) is 0.634. The number of anilines is 2. The average Bonchev–Trinajstić information content (AvgIpc) is 3.54. The number of rotatable bonds is 7. The lowest BCUT2D eigenvalue weighted by molar-refractivity contribution is 0.481. The van der Waals surface area contributed by atoms with E-state index in [9.17, 15) is 0 Å². The van der Waals surface area contributed by atoms with Gasteiger partial charge in [-0.3, -0.25) is 0 Å². The molecular formula is C24H20N6OS2. The Labute approximate surface area is 200 Å². The molecule has 0 aliphatic carbocycles. The highest BCUT2D eigenvalue weighted by molar-refractivity contribution is 7.99. The van der Waals surface area contributed by atoms with Gasteiger partial charge >= 0.3 is 0 Å². The second-order valence-corrected chi connectivity index (χ2v) is 9.34. The van der Waals surface area contributed by atoms with E-state index < -0.39 is 0 Å². The van der Waals surface area contributed by atoms with Crippen molar-refractivity contribution >= 4 is 34.2 Å². The molecule has 9 heteroatoms. The summed E-state index contributed by atoms with van der Waals surface area (Å²) >= 11 is 2.88. The highest BCUT2D eigenvalue weighted by atomic mass is 32.2. The predicted octanol–water partition coefficient (Wildman–Crippen LogP) is 5.57. The molecule has 3 heterocycles. The first-order valence-electron chi connectivity index (χ1n) is 10.5. The molecule has 0 spiro atoms. The van der Waals surface area contributed by atoms with E-state index in [1.165, 1.54) is 11.5 Å². The number of aromatic nitrogens is 3. The van der Waals surface area contributed by atoms with Crippen LogP contribution in [0.4, 0.5) is 10.9 Å². The first kappa shape index (κ1) is 21.4. The van der Waals surface area contributed by atoms with Crippen LogP contribution in [0, 0.1) is 11.3 Å². The Morgan fingerprint density at radius 1 is 1.12 bits per heavy atom. The maximum Gasteiger partial charge on any atom is 0.208 e. The van der Waals surface area contributed by atoms with E-state index in [4.69, 9.17) is 10.00 Å². The Bertz CT molecular complexity index is 1260. The molecule has 0 amide bonds. The van der Waals surface area contributed by atoms with Crippen LogP contribution in [0.2, 0.25) is 0 Å². The molecule has 5 rings (SSSR count). The van der Waals surface area contributed by atoms with Crippen molar-refractivity contribution < 1.29 is 4.74 Å². The molecule has 4 aromatic rings. The van der Waals surface area contributed by atoms with Crippen molar-refractivity contribution in [1.82, 2.24) is 19.7 Å². The molecule has 33 heavy (non-hydrogen) atoms. The molecule has 2 aromatic heterocycles. The highest BCUT2D eigenvalue weighted by Crippen LogP contribution is 2.36. The number of hydrogen-bond donors (Lipinski definition) is 2. The van der Waals surface area contributed by atoms with Crippen LogP contribution < -0.4 is 15.4 Å². The first-order valence-corrected chi connectivity index (χ1v) is 12.1. The van der Waals surface area contributed by atoms with Gasteiger partial charge in [0.25, 0.3) is 0 Å². The average molecular weight is 473 g/mol. The van der Waals surface area contributed by atoms with Gasteiger partial charge in [0.2, 0.25) is 5.13 Å². The van der Waals surface area contributed by atoms with Crippen LogP contribution in [0.5, 0.6) is 11.5 Å².